The first-order valence-electron chi connectivity index (χ1n) is 8.22. The normalized spacial score (nSPS) is 20.9. The number of carbonyl (C=O) groups excluding carboxylic acids is 2. The number of carbonyl (C=O) groups is 2. The van der Waals surface area contributed by atoms with E-state index in [2.05, 4.69) is 4.18 Å². The van der Waals surface area contributed by atoms with Crippen molar-refractivity contribution in [1.82, 2.24) is 0 Å². The smallest absolute Gasteiger partial charge is 0.414 e. The van der Waals surface area contributed by atoms with E-state index >= 15 is 0 Å². The molecule has 1 aromatic carbocycles. The molecule has 27 heavy (non-hydrogen) atoms. The minimum atomic E-state index is -3.71. The summed E-state index contributed by atoms with van der Waals surface area (Å²) in [6.07, 6.45) is -0.431. The summed E-state index contributed by atoms with van der Waals surface area (Å²) >= 11 is 0. The molecule has 0 bridgehead atoms. The highest BCUT2D eigenvalue weighted by molar-refractivity contribution is 7.85. The molecule has 8 nitrogen and oxygen atoms in total. The van der Waals surface area contributed by atoms with Crippen LogP contribution in [0.5, 0.6) is 0 Å². The summed E-state index contributed by atoms with van der Waals surface area (Å²) in [7, 11) is -3.71. The molecule has 2 saturated heterocycles. The fourth-order valence-corrected chi connectivity index (χ4v) is 3.41. The van der Waals surface area contributed by atoms with Gasteiger partial charge in [0.05, 0.1) is 18.5 Å². The molecule has 11 heteroatoms. The molecule has 2 aliphatic rings. The molecule has 0 radical (unpaired) electrons. The van der Waals surface area contributed by atoms with E-state index in [1.54, 1.807) is 0 Å². The third-order valence-corrected chi connectivity index (χ3v) is 4.86. The number of hydrogen-bond donors (Lipinski definition) is 0. The summed E-state index contributed by atoms with van der Waals surface area (Å²) in [5.41, 5.74) is -0.288. The van der Waals surface area contributed by atoms with E-state index in [-0.39, 0.29) is 56.2 Å². The molecule has 0 N–H and O–H groups in total. The number of piperidine rings is 1. The van der Waals surface area contributed by atoms with Crippen LogP contribution in [-0.2, 0) is 23.8 Å². The van der Waals surface area contributed by atoms with Gasteiger partial charge in [0.25, 0.3) is 10.1 Å². The minimum absolute atomic E-state index is 0.0471. The summed E-state index contributed by atoms with van der Waals surface area (Å²) < 4.78 is 60.6. The van der Waals surface area contributed by atoms with Crippen LogP contribution < -0.4 is 9.80 Å². The number of nitrogens with zero attached hydrogens (tertiary/aromatic N) is 2. The van der Waals surface area contributed by atoms with Crippen LogP contribution in [0.15, 0.2) is 12.1 Å². The SMILES string of the molecule is CS(=O)(=O)OC[C@H]1CN(c2cc(F)c(N3CCC(=O)CC3)c(F)c2)C(=O)O1. The van der Waals surface area contributed by atoms with Crippen molar-refractivity contribution in [3.63, 3.8) is 0 Å². The van der Waals surface area contributed by atoms with Crippen LogP contribution in [0.2, 0.25) is 0 Å². The summed E-state index contributed by atoms with van der Waals surface area (Å²) in [6, 6.07) is 2.02. The summed E-state index contributed by atoms with van der Waals surface area (Å²) in [4.78, 5) is 25.7. The van der Waals surface area contributed by atoms with Crippen molar-refractivity contribution in [1.29, 1.82) is 0 Å². The minimum Gasteiger partial charge on any atom is -0.441 e. The third kappa shape index (κ3) is 4.53. The van der Waals surface area contributed by atoms with Gasteiger partial charge in [-0.25, -0.2) is 13.6 Å². The summed E-state index contributed by atoms with van der Waals surface area (Å²) in [6.45, 7) is -0.0396. The Morgan fingerprint density at radius 1 is 1.19 bits per heavy atom. The van der Waals surface area contributed by atoms with Gasteiger partial charge in [-0.1, -0.05) is 0 Å². The molecule has 0 saturated carbocycles. The predicted molar refractivity (Wildman–Crippen MR) is 91.2 cm³/mol. The Kier molecular flexibility index (Phi) is 5.33. The lowest BCUT2D eigenvalue weighted by Crippen LogP contribution is -2.35. The van der Waals surface area contributed by atoms with E-state index in [0.717, 1.165) is 23.3 Å². The molecule has 0 unspecified atom stereocenters. The Morgan fingerprint density at radius 3 is 2.33 bits per heavy atom. The fourth-order valence-electron chi connectivity index (χ4n) is 3.01. The predicted octanol–water partition coefficient (Wildman–Crippen LogP) is 1.44. The second-order valence-corrected chi connectivity index (χ2v) is 8.03. The summed E-state index contributed by atoms with van der Waals surface area (Å²) in [5, 5.41) is 0. The zero-order chi connectivity index (χ0) is 19.8. The van der Waals surface area contributed by atoms with Crippen LogP contribution in [0.25, 0.3) is 0 Å². The molecule has 1 amide bonds. The molecular formula is C16H18F2N2O6S. The van der Waals surface area contributed by atoms with Gasteiger partial charge in [-0.15, -0.1) is 0 Å². The Hall–Kier alpha value is -2.27. The Balaban J connectivity index is 1.76. The van der Waals surface area contributed by atoms with Crippen LogP contribution in [0, 0.1) is 11.6 Å². The van der Waals surface area contributed by atoms with Crippen molar-refractivity contribution in [2.75, 3.05) is 42.3 Å². The zero-order valence-electron chi connectivity index (χ0n) is 14.5. The van der Waals surface area contributed by atoms with Crippen molar-refractivity contribution >= 4 is 33.4 Å². The lowest BCUT2D eigenvalue weighted by molar-refractivity contribution is -0.119. The van der Waals surface area contributed by atoms with Crippen molar-refractivity contribution in [2.24, 2.45) is 0 Å². The topological polar surface area (TPSA) is 93.2 Å². The molecule has 1 aromatic rings. The van der Waals surface area contributed by atoms with Gasteiger partial charge in [-0.05, 0) is 0 Å². The van der Waals surface area contributed by atoms with Crippen molar-refractivity contribution in [2.45, 2.75) is 18.9 Å². The molecule has 2 heterocycles. The second-order valence-electron chi connectivity index (χ2n) is 6.39. The summed E-state index contributed by atoms with van der Waals surface area (Å²) in [5.74, 6) is -1.67. The van der Waals surface area contributed by atoms with E-state index in [4.69, 9.17) is 4.74 Å². The Morgan fingerprint density at radius 2 is 1.78 bits per heavy atom. The van der Waals surface area contributed by atoms with E-state index in [1.807, 2.05) is 0 Å². The van der Waals surface area contributed by atoms with E-state index in [1.165, 1.54) is 4.90 Å². The monoisotopic (exact) mass is 404 g/mol. The number of halogens is 2. The van der Waals surface area contributed by atoms with E-state index < -0.39 is 33.9 Å². The van der Waals surface area contributed by atoms with Crippen LogP contribution in [0.1, 0.15) is 12.8 Å². The molecule has 1 atom stereocenters. The average Bonchev–Trinajstić information content (AvgIpc) is 2.94. The van der Waals surface area contributed by atoms with Gasteiger partial charge in [-0.2, -0.15) is 8.42 Å². The first-order chi connectivity index (χ1) is 12.6. The molecule has 148 valence electrons. The fraction of sp³-hybridized carbons (Fsp3) is 0.500. The van der Waals surface area contributed by atoms with Gasteiger partial charge in [-0.3, -0.25) is 13.9 Å². The van der Waals surface area contributed by atoms with Crippen LogP contribution >= 0.6 is 0 Å². The third-order valence-electron chi connectivity index (χ3n) is 4.29. The van der Waals surface area contributed by atoms with Gasteiger partial charge < -0.3 is 9.64 Å². The Bertz CT molecular complexity index is 843. The maximum atomic E-state index is 14.5. The molecule has 2 fully saturated rings. The molecular weight excluding hydrogens is 386 g/mol. The van der Waals surface area contributed by atoms with Crippen LogP contribution in [0.3, 0.4) is 0 Å². The first kappa shape index (κ1) is 19.5. The molecule has 0 spiro atoms. The largest absolute Gasteiger partial charge is 0.441 e. The molecule has 2 aliphatic heterocycles. The van der Waals surface area contributed by atoms with Gasteiger partial charge in [0.1, 0.15) is 24.2 Å². The van der Waals surface area contributed by atoms with Crippen molar-refractivity contribution in [3.8, 4) is 0 Å². The first-order valence-corrected chi connectivity index (χ1v) is 10.0. The number of hydrogen-bond acceptors (Lipinski definition) is 7. The number of rotatable bonds is 5. The number of ether oxygens (including phenoxy) is 1. The van der Waals surface area contributed by atoms with Gasteiger partial charge in [0.15, 0.2) is 11.6 Å². The van der Waals surface area contributed by atoms with Crippen LogP contribution in [-0.4, -0.2) is 58.9 Å². The van der Waals surface area contributed by atoms with E-state index in [0.29, 0.717) is 0 Å². The maximum Gasteiger partial charge on any atom is 0.414 e. The van der Waals surface area contributed by atoms with Crippen LogP contribution in [0.4, 0.5) is 25.0 Å². The lowest BCUT2D eigenvalue weighted by Gasteiger charge is -2.29. The number of ketones is 1. The van der Waals surface area contributed by atoms with Crippen molar-refractivity contribution in [3.05, 3.63) is 23.8 Å². The molecule has 3 rings (SSSR count). The quantitative estimate of drug-likeness (QED) is 0.686. The standard InChI is InChI=1S/C16H18F2N2O6S/c1-27(23,24)25-9-12-8-20(16(22)26-12)10-6-13(17)15(14(18)7-10)19-4-2-11(21)3-5-19/h6-7,12H,2-5,8-9H2,1H3/t12-/m1/s1. The average molecular weight is 404 g/mol. The highest BCUT2D eigenvalue weighted by Gasteiger charge is 2.34. The van der Waals surface area contributed by atoms with Crippen molar-refractivity contribution < 1.29 is 35.7 Å². The lowest BCUT2D eigenvalue weighted by atomic mass is 10.1. The highest BCUT2D eigenvalue weighted by Crippen LogP contribution is 2.32. The van der Waals surface area contributed by atoms with E-state index in [9.17, 15) is 26.8 Å². The molecule has 0 aromatic heterocycles. The maximum absolute atomic E-state index is 14.5. The number of anilines is 2. The van der Waals surface area contributed by atoms with Gasteiger partial charge >= 0.3 is 6.09 Å². The van der Waals surface area contributed by atoms with Gasteiger partial charge in [0, 0.05) is 38.1 Å². The highest BCUT2D eigenvalue weighted by atomic mass is 32.2. The molecule has 0 aliphatic carbocycles. The number of Topliss-reactive ketones (excluding diaryl/α,β-unsaturated/α-hetero) is 1. The Labute approximate surface area is 154 Å². The second kappa shape index (κ2) is 7.39. The number of benzene rings is 1. The number of amides is 1. The zero-order valence-corrected chi connectivity index (χ0v) is 15.3. The number of cyclic esters (lactones) is 1. The van der Waals surface area contributed by atoms with Gasteiger partial charge in [0.2, 0.25) is 0 Å².